The van der Waals surface area contributed by atoms with E-state index in [1.807, 2.05) is 15.8 Å². The van der Waals surface area contributed by atoms with Gasteiger partial charge in [0.15, 0.2) is 5.69 Å². The second kappa shape index (κ2) is 8.21. The molecule has 2 aliphatic rings. The van der Waals surface area contributed by atoms with Crippen LogP contribution in [-0.4, -0.2) is 56.9 Å². The molecule has 0 bridgehead atoms. The summed E-state index contributed by atoms with van der Waals surface area (Å²) < 4.78 is 1.86. The maximum atomic E-state index is 12.4. The van der Waals surface area contributed by atoms with Crippen molar-refractivity contribution in [2.45, 2.75) is 45.7 Å². The standard InChI is InChI=1S/C21H29N5O/c1-17-6-8-18(9-7-17)13-24-10-4-5-19(14-24)15-26-16-20(22-23-26)21(27)25-11-2-3-12-25/h6-9,16,19H,2-5,10-15H2,1H3. The lowest BCUT2D eigenvalue weighted by Crippen LogP contribution is -2.36. The second-order valence-corrected chi connectivity index (χ2v) is 8.05. The van der Waals surface area contributed by atoms with Crippen LogP contribution in [0.4, 0.5) is 0 Å². The lowest BCUT2D eigenvalue weighted by molar-refractivity contribution is 0.0787. The predicted molar refractivity (Wildman–Crippen MR) is 104 cm³/mol. The number of carbonyl (C=O) groups is 1. The third kappa shape index (κ3) is 4.56. The van der Waals surface area contributed by atoms with Crippen molar-refractivity contribution in [3.63, 3.8) is 0 Å². The van der Waals surface area contributed by atoms with E-state index in [-0.39, 0.29) is 5.91 Å². The molecule has 6 nitrogen and oxygen atoms in total. The van der Waals surface area contributed by atoms with Gasteiger partial charge in [-0.2, -0.15) is 0 Å². The van der Waals surface area contributed by atoms with Gasteiger partial charge in [0.05, 0.1) is 6.20 Å². The van der Waals surface area contributed by atoms with E-state index >= 15 is 0 Å². The van der Waals surface area contributed by atoms with Gasteiger partial charge in [-0.25, -0.2) is 0 Å². The topological polar surface area (TPSA) is 54.3 Å². The first-order chi connectivity index (χ1) is 13.2. The average Bonchev–Trinajstić information content (AvgIpc) is 3.36. The van der Waals surface area contributed by atoms with Crippen molar-refractivity contribution in [2.24, 2.45) is 5.92 Å². The first kappa shape index (κ1) is 18.2. The summed E-state index contributed by atoms with van der Waals surface area (Å²) in [6.07, 6.45) is 6.45. The van der Waals surface area contributed by atoms with Crippen LogP contribution in [0.5, 0.6) is 0 Å². The fraction of sp³-hybridized carbons (Fsp3) is 0.571. The van der Waals surface area contributed by atoms with Crippen molar-refractivity contribution in [1.82, 2.24) is 24.8 Å². The van der Waals surface area contributed by atoms with Crippen molar-refractivity contribution in [1.29, 1.82) is 0 Å². The molecule has 2 aromatic rings. The Morgan fingerprint density at radius 1 is 1.11 bits per heavy atom. The number of nitrogens with zero attached hydrogens (tertiary/aromatic N) is 5. The number of carbonyl (C=O) groups excluding carboxylic acids is 1. The molecule has 144 valence electrons. The highest BCUT2D eigenvalue weighted by Crippen LogP contribution is 2.20. The van der Waals surface area contributed by atoms with Gasteiger partial charge in [-0.15, -0.1) is 5.10 Å². The Labute approximate surface area is 161 Å². The number of aromatic nitrogens is 3. The zero-order chi connectivity index (χ0) is 18.6. The highest BCUT2D eigenvalue weighted by molar-refractivity contribution is 5.92. The van der Waals surface area contributed by atoms with Crippen molar-refractivity contribution in [3.8, 4) is 0 Å². The van der Waals surface area contributed by atoms with E-state index < -0.39 is 0 Å². The van der Waals surface area contributed by atoms with Crippen LogP contribution in [0.1, 0.15) is 47.3 Å². The van der Waals surface area contributed by atoms with Crippen molar-refractivity contribution in [2.75, 3.05) is 26.2 Å². The van der Waals surface area contributed by atoms with Crippen molar-refractivity contribution in [3.05, 3.63) is 47.3 Å². The average molecular weight is 367 g/mol. The molecule has 1 aromatic heterocycles. The Morgan fingerprint density at radius 3 is 2.67 bits per heavy atom. The normalized spacial score (nSPS) is 20.9. The summed E-state index contributed by atoms with van der Waals surface area (Å²) in [6, 6.07) is 8.83. The fourth-order valence-corrected chi connectivity index (χ4v) is 4.23. The molecule has 2 fully saturated rings. The van der Waals surface area contributed by atoms with Crippen LogP contribution in [-0.2, 0) is 13.1 Å². The molecule has 1 aromatic carbocycles. The predicted octanol–water partition coefficient (Wildman–Crippen LogP) is 2.73. The quantitative estimate of drug-likeness (QED) is 0.815. The van der Waals surface area contributed by atoms with Gasteiger partial charge in [0.2, 0.25) is 0 Å². The van der Waals surface area contributed by atoms with E-state index in [1.54, 1.807) is 0 Å². The molecule has 27 heavy (non-hydrogen) atoms. The molecular weight excluding hydrogens is 338 g/mol. The third-order valence-electron chi connectivity index (χ3n) is 5.73. The summed E-state index contributed by atoms with van der Waals surface area (Å²) in [6.45, 7) is 7.90. The summed E-state index contributed by atoms with van der Waals surface area (Å²) >= 11 is 0. The zero-order valence-corrected chi connectivity index (χ0v) is 16.2. The van der Waals surface area contributed by atoms with Gasteiger partial charge in [0, 0.05) is 32.7 Å². The summed E-state index contributed by atoms with van der Waals surface area (Å²) in [7, 11) is 0. The van der Waals surface area contributed by atoms with Gasteiger partial charge in [-0.3, -0.25) is 14.4 Å². The number of piperidine rings is 1. The van der Waals surface area contributed by atoms with Crippen LogP contribution in [0.2, 0.25) is 0 Å². The molecule has 3 heterocycles. The molecule has 0 saturated carbocycles. The van der Waals surface area contributed by atoms with Gasteiger partial charge < -0.3 is 4.90 Å². The summed E-state index contributed by atoms with van der Waals surface area (Å²) in [5.41, 5.74) is 3.17. The molecule has 1 unspecified atom stereocenters. The molecular formula is C21H29N5O. The van der Waals surface area contributed by atoms with Gasteiger partial charge in [0.1, 0.15) is 0 Å². The van der Waals surface area contributed by atoms with E-state index in [0.29, 0.717) is 11.6 Å². The minimum absolute atomic E-state index is 0.0309. The van der Waals surface area contributed by atoms with Crippen LogP contribution in [0.15, 0.2) is 30.5 Å². The van der Waals surface area contributed by atoms with E-state index in [2.05, 4.69) is 46.4 Å². The molecule has 1 amide bonds. The summed E-state index contributed by atoms with van der Waals surface area (Å²) in [5, 5.41) is 8.35. The maximum Gasteiger partial charge on any atom is 0.276 e. The molecule has 0 radical (unpaired) electrons. The Bertz CT molecular complexity index is 763. The minimum atomic E-state index is 0.0309. The molecule has 2 saturated heterocycles. The molecule has 1 atom stereocenters. The van der Waals surface area contributed by atoms with Crippen molar-refractivity contribution >= 4 is 5.91 Å². The lowest BCUT2D eigenvalue weighted by atomic mass is 9.97. The lowest BCUT2D eigenvalue weighted by Gasteiger charge is -2.32. The summed E-state index contributed by atoms with van der Waals surface area (Å²) in [5.74, 6) is 0.587. The molecule has 0 aliphatic carbocycles. The number of amides is 1. The Hall–Kier alpha value is -2.21. The Kier molecular flexibility index (Phi) is 5.53. The number of benzene rings is 1. The highest BCUT2D eigenvalue weighted by Gasteiger charge is 2.24. The first-order valence-electron chi connectivity index (χ1n) is 10.1. The second-order valence-electron chi connectivity index (χ2n) is 8.05. The number of aryl methyl sites for hydroxylation is 1. The van der Waals surface area contributed by atoms with Gasteiger partial charge in [0.25, 0.3) is 5.91 Å². The third-order valence-corrected chi connectivity index (χ3v) is 5.73. The highest BCUT2D eigenvalue weighted by atomic mass is 16.2. The van der Waals surface area contributed by atoms with Crippen LogP contribution in [0, 0.1) is 12.8 Å². The van der Waals surface area contributed by atoms with E-state index in [4.69, 9.17) is 0 Å². The monoisotopic (exact) mass is 367 g/mol. The van der Waals surface area contributed by atoms with E-state index in [9.17, 15) is 4.79 Å². The Balaban J connectivity index is 1.32. The van der Waals surface area contributed by atoms with E-state index in [1.165, 1.54) is 24.0 Å². The fourth-order valence-electron chi connectivity index (χ4n) is 4.23. The van der Waals surface area contributed by atoms with E-state index in [0.717, 1.165) is 52.1 Å². The molecule has 0 N–H and O–H groups in total. The number of hydrogen-bond acceptors (Lipinski definition) is 4. The van der Waals surface area contributed by atoms with Gasteiger partial charge >= 0.3 is 0 Å². The maximum absolute atomic E-state index is 12.4. The molecule has 2 aliphatic heterocycles. The number of rotatable bonds is 5. The zero-order valence-electron chi connectivity index (χ0n) is 16.2. The van der Waals surface area contributed by atoms with Gasteiger partial charge in [-0.05, 0) is 50.6 Å². The largest absolute Gasteiger partial charge is 0.337 e. The molecule has 4 rings (SSSR count). The summed E-state index contributed by atoms with van der Waals surface area (Å²) in [4.78, 5) is 16.9. The van der Waals surface area contributed by atoms with Crippen LogP contribution >= 0.6 is 0 Å². The van der Waals surface area contributed by atoms with Gasteiger partial charge in [-0.1, -0.05) is 35.0 Å². The number of hydrogen-bond donors (Lipinski definition) is 0. The number of likely N-dealkylation sites (tertiary alicyclic amines) is 2. The van der Waals surface area contributed by atoms with Crippen LogP contribution in [0.3, 0.4) is 0 Å². The van der Waals surface area contributed by atoms with Crippen LogP contribution < -0.4 is 0 Å². The molecule has 0 spiro atoms. The first-order valence-corrected chi connectivity index (χ1v) is 10.1. The smallest absolute Gasteiger partial charge is 0.276 e. The van der Waals surface area contributed by atoms with Crippen molar-refractivity contribution < 1.29 is 4.79 Å². The minimum Gasteiger partial charge on any atom is -0.337 e. The molecule has 6 heteroatoms. The SMILES string of the molecule is Cc1ccc(CN2CCCC(Cn3cc(C(=O)N4CCCC4)nn3)C2)cc1. The Morgan fingerprint density at radius 2 is 1.89 bits per heavy atom. The van der Waals surface area contributed by atoms with Crippen LogP contribution in [0.25, 0.3) is 0 Å².